The normalized spacial score (nSPS) is 24.2. The summed E-state index contributed by atoms with van der Waals surface area (Å²) in [5.74, 6) is -0.0737. The van der Waals surface area contributed by atoms with Crippen LogP contribution in [0, 0.1) is 5.92 Å². The molecule has 0 saturated carbocycles. The first-order valence-corrected chi connectivity index (χ1v) is 6.20. The van der Waals surface area contributed by atoms with Crippen molar-refractivity contribution in [2.75, 3.05) is 12.4 Å². The summed E-state index contributed by atoms with van der Waals surface area (Å²) < 4.78 is 23.5. The predicted molar refractivity (Wildman–Crippen MR) is 52.8 cm³/mol. The molecule has 4 heteroatoms. The molecule has 0 spiro atoms. The van der Waals surface area contributed by atoms with Gasteiger partial charge in [-0.15, -0.1) is 0 Å². The standard InChI is InChI=1S/C10H12O3S/c11-6-8-5-9-3-1-2-4-10(9)14(12,13)7-8/h1-4,8,11H,5-7H2. The minimum atomic E-state index is -3.16. The summed E-state index contributed by atoms with van der Waals surface area (Å²) in [5.41, 5.74) is 0.831. The number of hydrogen-bond acceptors (Lipinski definition) is 3. The second kappa shape index (κ2) is 3.37. The summed E-state index contributed by atoms with van der Waals surface area (Å²) in [7, 11) is -3.16. The molecule has 1 unspecified atom stereocenters. The molecule has 3 nitrogen and oxygen atoms in total. The van der Waals surface area contributed by atoms with E-state index < -0.39 is 9.84 Å². The maximum absolute atomic E-state index is 11.7. The van der Waals surface area contributed by atoms with Crippen LogP contribution < -0.4 is 0 Å². The number of benzene rings is 1. The fraction of sp³-hybridized carbons (Fsp3) is 0.400. The van der Waals surface area contributed by atoms with Crippen LogP contribution in [0.5, 0.6) is 0 Å². The molecule has 1 aliphatic rings. The fourth-order valence-electron chi connectivity index (χ4n) is 1.86. The van der Waals surface area contributed by atoms with Gasteiger partial charge in [-0.2, -0.15) is 0 Å². The number of hydrogen-bond donors (Lipinski definition) is 1. The molecule has 2 rings (SSSR count). The van der Waals surface area contributed by atoms with Crippen LogP contribution in [0.4, 0.5) is 0 Å². The molecule has 1 atom stereocenters. The van der Waals surface area contributed by atoms with Gasteiger partial charge in [0.15, 0.2) is 9.84 Å². The SMILES string of the molecule is O=S1(=O)CC(CO)Cc2ccccc21. The van der Waals surface area contributed by atoms with Crippen LogP contribution in [0.3, 0.4) is 0 Å². The third-order valence-corrected chi connectivity index (χ3v) is 4.51. The second-order valence-corrected chi connectivity index (χ2v) is 5.64. The average molecular weight is 212 g/mol. The van der Waals surface area contributed by atoms with Gasteiger partial charge in [-0.05, 0) is 18.1 Å². The van der Waals surface area contributed by atoms with E-state index in [1.54, 1.807) is 12.1 Å². The molecule has 0 amide bonds. The van der Waals surface area contributed by atoms with Crippen LogP contribution in [0.15, 0.2) is 29.2 Å². The van der Waals surface area contributed by atoms with Gasteiger partial charge < -0.3 is 5.11 Å². The summed E-state index contributed by atoms with van der Waals surface area (Å²) in [6.07, 6.45) is 0.659. The van der Waals surface area contributed by atoms with Crippen LogP contribution in [0.1, 0.15) is 5.56 Å². The van der Waals surface area contributed by atoms with E-state index in [1.165, 1.54) is 0 Å². The van der Waals surface area contributed by atoms with Crippen molar-refractivity contribution in [2.24, 2.45) is 5.92 Å². The highest BCUT2D eigenvalue weighted by molar-refractivity contribution is 7.91. The lowest BCUT2D eigenvalue weighted by atomic mass is 10.0. The topological polar surface area (TPSA) is 54.4 Å². The van der Waals surface area contributed by atoms with Crippen LogP contribution in [0.25, 0.3) is 0 Å². The Balaban J connectivity index is 2.53. The number of fused-ring (bicyclic) bond motifs is 1. The molecular weight excluding hydrogens is 200 g/mol. The Bertz CT molecular complexity index is 436. The van der Waals surface area contributed by atoms with Gasteiger partial charge in [0, 0.05) is 12.5 Å². The van der Waals surface area contributed by atoms with Gasteiger partial charge in [0.2, 0.25) is 0 Å². The number of aliphatic hydroxyl groups is 1. The molecule has 14 heavy (non-hydrogen) atoms. The van der Waals surface area contributed by atoms with Gasteiger partial charge in [-0.25, -0.2) is 8.42 Å². The average Bonchev–Trinajstić information content (AvgIpc) is 2.17. The number of aliphatic hydroxyl groups excluding tert-OH is 1. The van der Waals surface area contributed by atoms with Crippen molar-refractivity contribution in [2.45, 2.75) is 11.3 Å². The molecule has 1 aromatic carbocycles. The molecule has 1 heterocycles. The lowest BCUT2D eigenvalue weighted by Gasteiger charge is -2.22. The predicted octanol–water partition coefficient (Wildman–Crippen LogP) is 0.625. The van der Waals surface area contributed by atoms with Gasteiger partial charge in [-0.3, -0.25) is 0 Å². The zero-order chi connectivity index (χ0) is 10.2. The highest BCUT2D eigenvalue weighted by Gasteiger charge is 2.29. The third-order valence-electron chi connectivity index (χ3n) is 2.53. The molecule has 1 aliphatic heterocycles. The molecule has 0 aliphatic carbocycles. The molecule has 0 bridgehead atoms. The lowest BCUT2D eigenvalue weighted by Crippen LogP contribution is -2.27. The maximum Gasteiger partial charge on any atom is 0.179 e. The van der Waals surface area contributed by atoms with Gasteiger partial charge >= 0.3 is 0 Å². The fourth-order valence-corrected chi connectivity index (χ4v) is 3.72. The highest BCUT2D eigenvalue weighted by atomic mass is 32.2. The van der Waals surface area contributed by atoms with Gasteiger partial charge in [0.1, 0.15) is 0 Å². The lowest BCUT2D eigenvalue weighted by molar-refractivity contribution is 0.236. The number of rotatable bonds is 1. The van der Waals surface area contributed by atoms with Crippen LogP contribution >= 0.6 is 0 Å². The zero-order valence-electron chi connectivity index (χ0n) is 7.68. The van der Waals surface area contributed by atoms with Crippen molar-refractivity contribution < 1.29 is 13.5 Å². The molecule has 0 aromatic heterocycles. The van der Waals surface area contributed by atoms with E-state index >= 15 is 0 Å². The van der Waals surface area contributed by atoms with Crippen molar-refractivity contribution in [3.8, 4) is 0 Å². The summed E-state index contributed by atoms with van der Waals surface area (Å²) in [4.78, 5) is 0.435. The molecular formula is C10H12O3S. The summed E-state index contributed by atoms with van der Waals surface area (Å²) in [5, 5.41) is 8.98. The molecule has 0 radical (unpaired) electrons. The smallest absolute Gasteiger partial charge is 0.179 e. The summed E-state index contributed by atoms with van der Waals surface area (Å²) in [6, 6.07) is 7.01. The van der Waals surface area contributed by atoms with Gasteiger partial charge in [0.05, 0.1) is 10.6 Å². The van der Waals surface area contributed by atoms with E-state index in [9.17, 15) is 8.42 Å². The Morgan fingerprint density at radius 3 is 2.79 bits per heavy atom. The number of sulfone groups is 1. The van der Waals surface area contributed by atoms with E-state index in [0.717, 1.165) is 5.56 Å². The molecule has 76 valence electrons. The van der Waals surface area contributed by atoms with Crippen molar-refractivity contribution >= 4 is 9.84 Å². The van der Waals surface area contributed by atoms with Crippen LogP contribution in [-0.4, -0.2) is 25.9 Å². The zero-order valence-corrected chi connectivity index (χ0v) is 8.50. The quantitative estimate of drug-likeness (QED) is 0.742. The Morgan fingerprint density at radius 2 is 2.07 bits per heavy atom. The first-order valence-electron chi connectivity index (χ1n) is 4.55. The Morgan fingerprint density at radius 1 is 1.36 bits per heavy atom. The molecule has 0 saturated heterocycles. The van der Waals surface area contributed by atoms with Crippen molar-refractivity contribution in [1.29, 1.82) is 0 Å². The van der Waals surface area contributed by atoms with E-state index in [2.05, 4.69) is 0 Å². The third kappa shape index (κ3) is 1.55. The van der Waals surface area contributed by atoms with E-state index in [1.807, 2.05) is 12.1 Å². The minimum absolute atomic E-state index is 0.0619. The Labute approximate surface area is 83.3 Å². The summed E-state index contributed by atoms with van der Waals surface area (Å²) >= 11 is 0. The van der Waals surface area contributed by atoms with E-state index in [4.69, 9.17) is 5.11 Å². The van der Waals surface area contributed by atoms with Crippen molar-refractivity contribution in [3.05, 3.63) is 29.8 Å². The van der Waals surface area contributed by atoms with Gasteiger partial charge in [-0.1, -0.05) is 18.2 Å². The Kier molecular flexibility index (Phi) is 2.33. The second-order valence-electron chi connectivity index (χ2n) is 3.64. The first-order chi connectivity index (χ1) is 6.63. The maximum atomic E-state index is 11.7. The van der Waals surface area contributed by atoms with E-state index in [0.29, 0.717) is 11.3 Å². The molecule has 0 fully saturated rings. The minimum Gasteiger partial charge on any atom is -0.396 e. The largest absolute Gasteiger partial charge is 0.396 e. The first kappa shape index (κ1) is 9.68. The molecule has 1 N–H and O–H groups in total. The van der Waals surface area contributed by atoms with E-state index in [-0.39, 0.29) is 18.3 Å². The Hall–Kier alpha value is -0.870. The van der Waals surface area contributed by atoms with Gasteiger partial charge in [0.25, 0.3) is 0 Å². The summed E-state index contributed by atoms with van der Waals surface area (Å²) in [6.45, 7) is -0.0619. The van der Waals surface area contributed by atoms with Crippen molar-refractivity contribution in [3.63, 3.8) is 0 Å². The molecule has 1 aromatic rings. The monoisotopic (exact) mass is 212 g/mol. The highest BCUT2D eigenvalue weighted by Crippen LogP contribution is 2.27. The van der Waals surface area contributed by atoms with Crippen molar-refractivity contribution in [1.82, 2.24) is 0 Å². The van der Waals surface area contributed by atoms with Crippen LogP contribution in [-0.2, 0) is 16.3 Å². The van der Waals surface area contributed by atoms with Crippen LogP contribution in [0.2, 0.25) is 0 Å².